The monoisotopic (exact) mass is 416 g/mol. The third-order valence-electron chi connectivity index (χ3n) is 6.21. The van der Waals surface area contributed by atoms with Crippen LogP contribution < -0.4 is 4.74 Å². The Hall–Kier alpha value is -3.42. The van der Waals surface area contributed by atoms with Crippen LogP contribution in [0.3, 0.4) is 0 Å². The van der Waals surface area contributed by atoms with E-state index in [0.29, 0.717) is 42.2 Å². The smallest absolute Gasteiger partial charge is 0.316 e. The van der Waals surface area contributed by atoms with Crippen molar-refractivity contribution in [1.82, 2.24) is 29.8 Å². The second-order valence-corrected chi connectivity index (χ2v) is 8.56. The molecule has 3 aromatic heterocycles. The van der Waals surface area contributed by atoms with E-state index >= 15 is 0 Å². The van der Waals surface area contributed by atoms with E-state index < -0.39 is 0 Å². The maximum atomic E-state index is 13.7. The predicted octanol–water partition coefficient (Wildman–Crippen LogP) is 3.02. The van der Waals surface area contributed by atoms with Gasteiger partial charge in [-0.25, -0.2) is 19.9 Å². The zero-order valence-corrected chi connectivity index (χ0v) is 17.7. The molecule has 158 valence electrons. The van der Waals surface area contributed by atoms with Gasteiger partial charge in [-0.1, -0.05) is 0 Å². The number of aryl methyl sites for hydroxylation is 2. The van der Waals surface area contributed by atoms with Gasteiger partial charge in [0.25, 0.3) is 5.91 Å². The van der Waals surface area contributed by atoms with Crippen LogP contribution in [0, 0.1) is 19.8 Å². The molecule has 8 nitrogen and oxygen atoms in total. The molecule has 0 spiro atoms. The Morgan fingerprint density at radius 3 is 2.58 bits per heavy atom. The van der Waals surface area contributed by atoms with Gasteiger partial charge in [-0.15, -0.1) is 0 Å². The first-order chi connectivity index (χ1) is 15.0. The summed E-state index contributed by atoms with van der Waals surface area (Å²) in [6.07, 6.45) is 11.5. The number of likely N-dealkylation sites (tertiary alicyclic amines) is 1. The number of amides is 1. The molecule has 2 bridgehead atoms. The highest BCUT2D eigenvalue weighted by molar-refractivity contribution is 5.99. The number of hydrogen-bond acceptors (Lipinski definition) is 7. The number of rotatable bonds is 5. The van der Waals surface area contributed by atoms with Crippen molar-refractivity contribution in [3.63, 3.8) is 0 Å². The minimum absolute atomic E-state index is 0.0990. The van der Waals surface area contributed by atoms with Crippen LogP contribution in [0.1, 0.15) is 40.9 Å². The minimum Gasteiger partial charge on any atom is -0.461 e. The molecule has 2 unspecified atom stereocenters. The molecule has 31 heavy (non-hydrogen) atoms. The molecule has 2 fully saturated rings. The first-order valence-corrected chi connectivity index (χ1v) is 10.5. The van der Waals surface area contributed by atoms with Crippen molar-refractivity contribution in [2.24, 2.45) is 5.92 Å². The van der Waals surface area contributed by atoms with Gasteiger partial charge in [-0.2, -0.15) is 0 Å². The van der Waals surface area contributed by atoms with Crippen molar-refractivity contribution in [3.8, 4) is 17.4 Å². The van der Waals surface area contributed by atoms with Crippen molar-refractivity contribution in [3.05, 3.63) is 59.9 Å². The van der Waals surface area contributed by atoms with Gasteiger partial charge in [0.1, 0.15) is 12.3 Å². The third-order valence-corrected chi connectivity index (χ3v) is 6.21. The molecule has 0 N–H and O–H groups in total. The fourth-order valence-corrected chi connectivity index (χ4v) is 4.70. The Balaban J connectivity index is 1.44. The van der Waals surface area contributed by atoms with E-state index in [4.69, 9.17) is 4.74 Å². The molecule has 0 aromatic carbocycles. The molecule has 1 saturated carbocycles. The zero-order valence-electron chi connectivity index (χ0n) is 17.7. The number of nitrogens with zero attached hydrogens (tertiary/aromatic N) is 6. The summed E-state index contributed by atoms with van der Waals surface area (Å²) in [6, 6.07) is 4.02. The Morgan fingerprint density at radius 2 is 1.84 bits per heavy atom. The van der Waals surface area contributed by atoms with Crippen molar-refractivity contribution >= 4 is 5.91 Å². The lowest BCUT2D eigenvalue weighted by atomic mass is 9.97. The second-order valence-electron chi connectivity index (χ2n) is 8.56. The molecule has 4 heterocycles. The Kier molecular flexibility index (Phi) is 4.84. The van der Waals surface area contributed by atoms with Crippen LogP contribution in [0.2, 0.25) is 0 Å². The average Bonchev–Trinajstić information content (AvgIpc) is 3.38. The predicted molar refractivity (Wildman–Crippen MR) is 113 cm³/mol. The molecule has 8 heteroatoms. The van der Waals surface area contributed by atoms with Crippen LogP contribution in [0.25, 0.3) is 11.4 Å². The molecule has 0 radical (unpaired) electrons. The lowest BCUT2D eigenvalue weighted by molar-refractivity contribution is 0.0382. The zero-order chi connectivity index (χ0) is 21.4. The molecular formula is C23H24N6O2. The van der Waals surface area contributed by atoms with E-state index in [9.17, 15) is 4.79 Å². The largest absolute Gasteiger partial charge is 0.461 e. The first-order valence-electron chi connectivity index (χ1n) is 10.5. The summed E-state index contributed by atoms with van der Waals surface area (Å²) in [6.45, 7) is 4.97. The maximum absolute atomic E-state index is 13.7. The van der Waals surface area contributed by atoms with Gasteiger partial charge < -0.3 is 9.64 Å². The van der Waals surface area contributed by atoms with Gasteiger partial charge in [-0.05, 0) is 62.3 Å². The SMILES string of the molecule is Cc1cnc(OCC23CCC(CN2C(=O)c2ncc(C)cc2-c2ncccn2)C3)nc1. The topological polar surface area (TPSA) is 94.0 Å². The number of aromatic nitrogens is 5. The third kappa shape index (κ3) is 3.62. The van der Waals surface area contributed by atoms with Crippen molar-refractivity contribution in [1.29, 1.82) is 0 Å². The number of fused-ring (bicyclic) bond motifs is 2. The van der Waals surface area contributed by atoms with E-state index in [1.165, 1.54) is 0 Å². The van der Waals surface area contributed by atoms with Crippen molar-refractivity contribution < 1.29 is 9.53 Å². The number of pyridine rings is 1. The Morgan fingerprint density at radius 1 is 1.10 bits per heavy atom. The summed E-state index contributed by atoms with van der Waals surface area (Å²) in [4.78, 5) is 37.4. The minimum atomic E-state index is -0.364. The fourth-order valence-electron chi connectivity index (χ4n) is 4.70. The number of piperidine rings is 1. The van der Waals surface area contributed by atoms with Gasteiger partial charge in [0.15, 0.2) is 5.82 Å². The summed E-state index contributed by atoms with van der Waals surface area (Å²) in [5.41, 5.74) is 2.61. The van der Waals surface area contributed by atoms with E-state index in [-0.39, 0.29) is 11.4 Å². The number of ether oxygens (including phenoxy) is 1. The quantitative estimate of drug-likeness (QED) is 0.631. The van der Waals surface area contributed by atoms with Gasteiger partial charge in [0.05, 0.1) is 11.1 Å². The van der Waals surface area contributed by atoms with Crippen LogP contribution in [0.15, 0.2) is 43.1 Å². The molecule has 2 atom stereocenters. The van der Waals surface area contributed by atoms with Gasteiger partial charge >= 0.3 is 6.01 Å². The lowest BCUT2D eigenvalue weighted by Gasteiger charge is -2.38. The molecule has 1 saturated heterocycles. The highest BCUT2D eigenvalue weighted by Gasteiger charge is 2.53. The van der Waals surface area contributed by atoms with E-state index in [0.717, 1.165) is 30.4 Å². The molecule has 2 aliphatic rings. The average molecular weight is 416 g/mol. The van der Waals surface area contributed by atoms with E-state index in [2.05, 4.69) is 24.9 Å². The number of carbonyl (C=O) groups excluding carboxylic acids is 1. The van der Waals surface area contributed by atoms with Gasteiger partial charge in [-0.3, -0.25) is 9.78 Å². The van der Waals surface area contributed by atoms with Crippen LogP contribution in [0.4, 0.5) is 0 Å². The molecule has 3 aromatic rings. The fraction of sp³-hybridized carbons (Fsp3) is 0.391. The highest BCUT2D eigenvalue weighted by Crippen LogP contribution is 2.47. The van der Waals surface area contributed by atoms with Gasteiger partial charge in [0.2, 0.25) is 0 Å². The van der Waals surface area contributed by atoms with Crippen LogP contribution >= 0.6 is 0 Å². The van der Waals surface area contributed by atoms with Crippen LogP contribution in [-0.2, 0) is 0 Å². The van der Waals surface area contributed by atoms with Crippen LogP contribution in [-0.4, -0.2) is 54.4 Å². The summed E-state index contributed by atoms with van der Waals surface area (Å²) >= 11 is 0. The lowest BCUT2D eigenvalue weighted by Crippen LogP contribution is -2.52. The number of carbonyl (C=O) groups is 1. The summed E-state index contributed by atoms with van der Waals surface area (Å²) < 4.78 is 5.95. The molecule has 1 aliphatic carbocycles. The second kappa shape index (κ2) is 7.68. The Labute approximate surface area is 180 Å². The number of hydrogen-bond donors (Lipinski definition) is 0. The van der Waals surface area contributed by atoms with Gasteiger partial charge in [0, 0.05) is 37.5 Å². The van der Waals surface area contributed by atoms with E-state index in [1.807, 2.05) is 24.8 Å². The standard InChI is InChI=1S/C23H24N6O2/c1-15-8-18(20-24-6-3-7-25-20)19(26-10-15)21(30)29-13-17-4-5-23(29,9-17)14-31-22-27-11-16(2)12-28-22/h3,6-8,10-12,17H,4-5,9,13-14H2,1-2H3. The van der Waals surface area contributed by atoms with Crippen molar-refractivity contribution in [2.45, 2.75) is 38.6 Å². The molecule has 1 amide bonds. The molecular weight excluding hydrogens is 392 g/mol. The molecule has 1 aliphatic heterocycles. The summed E-state index contributed by atoms with van der Waals surface area (Å²) in [7, 11) is 0. The Bertz CT molecular complexity index is 1100. The highest BCUT2D eigenvalue weighted by atomic mass is 16.5. The van der Waals surface area contributed by atoms with E-state index in [1.54, 1.807) is 37.1 Å². The maximum Gasteiger partial charge on any atom is 0.316 e. The van der Waals surface area contributed by atoms with Crippen LogP contribution in [0.5, 0.6) is 6.01 Å². The van der Waals surface area contributed by atoms with Crippen molar-refractivity contribution in [2.75, 3.05) is 13.2 Å². The summed E-state index contributed by atoms with van der Waals surface area (Å²) in [5.74, 6) is 0.885. The molecule has 5 rings (SSSR count). The normalized spacial score (nSPS) is 22.0. The first kappa shape index (κ1) is 19.5. The summed E-state index contributed by atoms with van der Waals surface area (Å²) in [5, 5.41) is 0.